The molecular weight excluding hydrogens is 280 g/mol. The summed E-state index contributed by atoms with van der Waals surface area (Å²) in [6.07, 6.45) is 0. The van der Waals surface area contributed by atoms with Gasteiger partial charge in [-0.1, -0.05) is 24.3 Å². The van der Waals surface area contributed by atoms with Gasteiger partial charge in [0.2, 0.25) is 0 Å². The molecule has 3 aromatic rings. The first-order chi connectivity index (χ1) is 10.6. The molecule has 0 fully saturated rings. The Kier molecular flexibility index (Phi) is 3.60. The third-order valence-corrected chi connectivity index (χ3v) is 3.58. The van der Waals surface area contributed by atoms with Crippen LogP contribution in [-0.4, -0.2) is 14.5 Å². The predicted octanol–water partition coefficient (Wildman–Crippen LogP) is 3.01. The molecule has 0 saturated heterocycles. The molecule has 2 N–H and O–H groups in total. The lowest BCUT2D eigenvalue weighted by Gasteiger charge is -2.11. The third-order valence-electron chi connectivity index (χ3n) is 3.58. The minimum atomic E-state index is -0.399. The van der Waals surface area contributed by atoms with E-state index < -0.39 is 4.92 Å². The maximum Gasteiger partial charge on any atom is 0.269 e. The number of nitro groups is 1. The maximum absolute atomic E-state index is 10.7. The Labute approximate surface area is 127 Å². The van der Waals surface area contributed by atoms with E-state index in [2.05, 4.69) is 9.55 Å². The Morgan fingerprint density at radius 3 is 2.55 bits per heavy atom. The highest BCUT2D eigenvalue weighted by Gasteiger charge is 2.14. The second-order valence-corrected chi connectivity index (χ2v) is 5.26. The van der Waals surface area contributed by atoms with Crippen LogP contribution in [0.5, 0.6) is 0 Å². The molecule has 1 atom stereocenters. The number of hydrogen-bond acceptors (Lipinski definition) is 4. The zero-order chi connectivity index (χ0) is 15.7. The molecule has 0 bridgehead atoms. The van der Waals surface area contributed by atoms with Crippen molar-refractivity contribution in [3.63, 3.8) is 0 Å². The fourth-order valence-electron chi connectivity index (χ4n) is 2.51. The fraction of sp³-hybridized carbons (Fsp3) is 0.188. The lowest BCUT2D eigenvalue weighted by molar-refractivity contribution is -0.384. The Hall–Kier alpha value is -2.73. The largest absolute Gasteiger partial charge is 0.322 e. The Balaban J connectivity index is 2.02. The van der Waals surface area contributed by atoms with E-state index in [1.165, 1.54) is 12.1 Å². The first-order valence-corrected chi connectivity index (χ1v) is 7.00. The summed E-state index contributed by atoms with van der Waals surface area (Å²) < 4.78 is 2.06. The van der Waals surface area contributed by atoms with Crippen molar-refractivity contribution >= 4 is 16.7 Å². The Bertz CT molecular complexity index is 822. The van der Waals surface area contributed by atoms with Gasteiger partial charge in [0.25, 0.3) is 5.69 Å². The topological polar surface area (TPSA) is 87.0 Å². The lowest BCUT2D eigenvalue weighted by atomic mass is 10.2. The van der Waals surface area contributed by atoms with Crippen LogP contribution in [0.15, 0.2) is 48.5 Å². The monoisotopic (exact) mass is 296 g/mol. The summed E-state index contributed by atoms with van der Waals surface area (Å²) in [5, 5.41) is 10.7. The summed E-state index contributed by atoms with van der Waals surface area (Å²) in [4.78, 5) is 14.9. The van der Waals surface area contributed by atoms with Crippen LogP contribution in [-0.2, 0) is 6.54 Å². The van der Waals surface area contributed by atoms with E-state index >= 15 is 0 Å². The van der Waals surface area contributed by atoms with Crippen molar-refractivity contribution in [2.45, 2.75) is 19.5 Å². The molecule has 0 aliphatic carbocycles. The summed E-state index contributed by atoms with van der Waals surface area (Å²) in [6.45, 7) is 2.48. The van der Waals surface area contributed by atoms with Gasteiger partial charge in [0, 0.05) is 18.7 Å². The molecule has 1 unspecified atom stereocenters. The van der Waals surface area contributed by atoms with Crippen molar-refractivity contribution in [3.8, 4) is 0 Å². The smallest absolute Gasteiger partial charge is 0.269 e. The number of nitrogens with zero attached hydrogens (tertiary/aromatic N) is 3. The summed E-state index contributed by atoms with van der Waals surface area (Å²) in [7, 11) is 0. The van der Waals surface area contributed by atoms with Gasteiger partial charge in [-0.3, -0.25) is 10.1 Å². The number of nitrogens with two attached hydrogens (primary N) is 1. The minimum absolute atomic E-state index is 0.0895. The molecule has 0 saturated carbocycles. The average Bonchev–Trinajstić information content (AvgIpc) is 2.87. The van der Waals surface area contributed by atoms with E-state index in [4.69, 9.17) is 5.73 Å². The van der Waals surface area contributed by atoms with Gasteiger partial charge in [-0.25, -0.2) is 4.98 Å². The van der Waals surface area contributed by atoms with Gasteiger partial charge < -0.3 is 10.3 Å². The van der Waals surface area contributed by atoms with E-state index in [1.807, 2.05) is 31.2 Å². The number of imidazole rings is 1. The summed E-state index contributed by atoms with van der Waals surface area (Å²) >= 11 is 0. The Morgan fingerprint density at radius 2 is 1.91 bits per heavy atom. The van der Waals surface area contributed by atoms with Gasteiger partial charge in [-0.2, -0.15) is 0 Å². The van der Waals surface area contributed by atoms with Gasteiger partial charge in [0.15, 0.2) is 0 Å². The summed E-state index contributed by atoms with van der Waals surface area (Å²) in [5.41, 5.74) is 8.99. The van der Waals surface area contributed by atoms with Gasteiger partial charge in [-0.15, -0.1) is 0 Å². The Morgan fingerprint density at radius 1 is 1.23 bits per heavy atom. The van der Waals surface area contributed by atoms with Gasteiger partial charge in [0.05, 0.1) is 22.0 Å². The van der Waals surface area contributed by atoms with Crippen LogP contribution in [0.25, 0.3) is 11.0 Å². The van der Waals surface area contributed by atoms with Crippen LogP contribution in [0.4, 0.5) is 5.69 Å². The molecule has 0 spiro atoms. The number of rotatable bonds is 4. The highest BCUT2D eigenvalue weighted by molar-refractivity contribution is 5.76. The van der Waals surface area contributed by atoms with E-state index in [1.54, 1.807) is 12.1 Å². The molecule has 6 nitrogen and oxygen atoms in total. The quantitative estimate of drug-likeness (QED) is 0.592. The van der Waals surface area contributed by atoms with Crippen molar-refractivity contribution in [1.82, 2.24) is 9.55 Å². The number of nitro benzene ring substituents is 1. The molecule has 0 amide bonds. The molecule has 6 heteroatoms. The van der Waals surface area contributed by atoms with E-state index in [9.17, 15) is 10.1 Å². The molecule has 1 aromatic heterocycles. The predicted molar refractivity (Wildman–Crippen MR) is 84.5 cm³/mol. The summed E-state index contributed by atoms with van der Waals surface area (Å²) in [6, 6.07) is 14.2. The van der Waals surface area contributed by atoms with Crippen molar-refractivity contribution in [1.29, 1.82) is 0 Å². The van der Waals surface area contributed by atoms with Crippen molar-refractivity contribution in [2.24, 2.45) is 5.73 Å². The highest BCUT2D eigenvalue weighted by atomic mass is 16.6. The average molecular weight is 296 g/mol. The molecule has 0 aliphatic heterocycles. The van der Waals surface area contributed by atoms with Crippen molar-refractivity contribution < 1.29 is 4.92 Å². The minimum Gasteiger partial charge on any atom is -0.322 e. The van der Waals surface area contributed by atoms with E-state index in [0.29, 0.717) is 6.54 Å². The molecule has 0 radical (unpaired) electrons. The molecular formula is C16H16N4O2. The standard InChI is InChI=1S/C16H16N4O2/c1-11(17)16-18-14-4-2-3-5-15(14)19(16)10-12-6-8-13(9-7-12)20(21)22/h2-9,11H,10,17H2,1H3. The van der Waals surface area contributed by atoms with Crippen molar-refractivity contribution in [2.75, 3.05) is 0 Å². The number of fused-ring (bicyclic) bond motifs is 1. The van der Waals surface area contributed by atoms with E-state index in [0.717, 1.165) is 22.4 Å². The molecule has 3 rings (SSSR count). The van der Waals surface area contributed by atoms with Gasteiger partial charge >= 0.3 is 0 Å². The zero-order valence-electron chi connectivity index (χ0n) is 12.1. The molecule has 1 heterocycles. The van der Waals surface area contributed by atoms with Gasteiger partial charge in [0.1, 0.15) is 5.82 Å². The van der Waals surface area contributed by atoms with Crippen LogP contribution in [0, 0.1) is 10.1 Å². The highest BCUT2D eigenvalue weighted by Crippen LogP contribution is 2.22. The fourth-order valence-corrected chi connectivity index (χ4v) is 2.51. The SMILES string of the molecule is CC(N)c1nc2ccccc2n1Cc1ccc([N+](=O)[O-])cc1. The number of aromatic nitrogens is 2. The van der Waals surface area contributed by atoms with Crippen LogP contribution < -0.4 is 5.73 Å². The zero-order valence-corrected chi connectivity index (χ0v) is 12.1. The van der Waals surface area contributed by atoms with E-state index in [-0.39, 0.29) is 11.7 Å². The van der Waals surface area contributed by atoms with Crippen LogP contribution in [0.2, 0.25) is 0 Å². The van der Waals surface area contributed by atoms with Crippen LogP contribution in [0.3, 0.4) is 0 Å². The normalized spacial score (nSPS) is 12.5. The maximum atomic E-state index is 10.7. The first-order valence-electron chi connectivity index (χ1n) is 7.00. The van der Waals surface area contributed by atoms with Crippen LogP contribution >= 0.6 is 0 Å². The number of hydrogen-bond donors (Lipinski definition) is 1. The number of para-hydroxylation sites is 2. The van der Waals surface area contributed by atoms with Gasteiger partial charge in [-0.05, 0) is 24.6 Å². The first kappa shape index (κ1) is 14.2. The van der Waals surface area contributed by atoms with Crippen molar-refractivity contribution in [3.05, 3.63) is 70.0 Å². The molecule has 112 valence electrons. The van der Waals surface area contributed by atoms with Crippen LogP contribution in [0.1, 0.15) is 24.4 Å². The second-order valence-electron chi connectivity index (χ2n) is 5.26. The molecule has 0 aliphatic rings. The molecule has 22 heavy (non-hydrogen) atoms. The number of non-ortho nitro benzene ring substituents is 1. The summed E-state index contributed by atoms with van der Waals surface area (Å²) in [5.74, 6) is 0.805. The second kappa shape index (κ2) is 5.57. The number of benzene rings is 2. The molecule has 2 aromatic carbocycles. The third kappa shape index (κ3) is 2.56. The lowest BCUT2D eigenvalue weighted by Crippen LogP contribution is -2.14.